The first-order valence-electron chi connectivity index (χ1n) is 6.17. The van der Waals surface area contributed by atoms with Crippen LogP contribution < -0.4 is 10.6 Å². The van der Waals surface area contributed by atoms with Crippen LogP contribution in [0.25, 0.3) is 0 Å². The highest BCUT2D eigenvalue weighted by Crippen LogP contribution is 2.30. The first-order valence-corrected chi connectivity index (χ1v) is 6.55. The molecule has 0 aliphatic heterocycles. The summed E-state index contributed by atoms with van der Waals surface area (Å²) in [5, 5.41) is 7.08. The van der Waals surface area contributed by atoms with Gasteiger partial charge < -0.3 is 10.6 Å². The van der Waals surface area contributed by atoms with E-state index in [0.29, 0.717) is 10.9 Å². The second-order valence-electron chi connectivity index (χ2n) is 4.52. The van der Waals surface area contributed by atoms with Gasteiger partial charge in [0.2, 0.25) is 0 Å². The smallest absolute Gasteiger partial charge is 0.139 e. The second kappa shape index (κ2) is 5.89. The number of hydrogen-bond donors (Lipinski definition) is 2. The molecule has 0 bridgehead atoms. The minimum absolute atomic E-state index is 0.310. The summed E-state index contributed by atoms with van der Waals surface area (Å²) in [6, 6.07) is 7.57. The van der Waals surface area contributed by atoms with Gasteiger partial charge in [-0.15, -0.1) is 0 Å². The van der Waals surface area contributed by atoms with E-state index in [1.165, 1.54) is 0 Å². The van der Waals surface area contributed by atoms with E-state index >= 15 is 0 Å². The number of nitrogens with zero attached hydrogens (tertiary/aromatic N) is 2. The molecule has 100 valence electrons. The van der Waals surface area contributed by atoms with Crippen LogP contribution in [0.15, 0.2) is 30.6 Å². The van der Waals surface area contributed by atoms with Crippen molar-refractivity contribution in [3.63, 3.8) is 0 Å². The zero-order chi connectivity index (χ0) is 13.8. The molecule has 0 saturated heterocycles. The molecule has 19 heavy (non-hydrogen) atoms. The van der Waals surface area contributed by atoms with Crippen molar-refractivity contribution in [3.05, 3.63) is 41.2 Å². The van der Waals surface area contributed by atoms with Crippen molar-refractivity contribution >= 4 is 28.9 Å². The molecule has 0 amide bonds. The first kappa shape index (κ1) is 13.6. The fourth-order valence-corrected chi connectivity index (χ4v) is 2.13. The summed E-state index contributed by atoms with van der Waals surface area (Å²) >= 11 is 5.99. The molecule has 1 aromatic heterocycles. The molecule has 0 fully saturated rings. The van der Waals surface area contributed by atoms with Gasteiger partial charge in [-0.3, -0.25) is 0 Å². The Labute approximate surface area is 118 Å². The summed E-state index contributed by atoms with van der Waals surface area (Å²) in [6.45, 7) is 4.23. The van der Waals surface area contributed by atoms with Gasteiger partial charge in [0.15, 0.2) is 0 Å². The average Bonchev–Trinajstić information content (AvgIpc) is 2.38. The van der Waals surface area contributed by atoms with Gasteiger partial charge >= 0.3 is 0 Å². The first-order chi connectivity index (χ1) is 9.11. The lowest BCUT2D eigenvalue weighted by molar-refractivity contribution is 0.852. The molecule has 1 aromatic carbocycles. The topological polar surface area (TPSA) is 49.8 Å². The van der Waals surface area contributed by atoms with Gasteiger partial charge in [0, 0.05) is 23.3 Å². The lowest BCUT2D eigenvalue weighted by Crippen LogP contribution is -2.06. The predicted molar refractivity (Wildman–Crippen MR) is 80.4 cm³/mol. The fraction of sp³-hybridized carbons (Fsp3) is 0.286. The van der Waals surface area contributed by atoms with E-state index in [9.17, 15) is 0 Å². The summed E-state index contributed by atoms with van der Waals surface area (Å²) in [7, 11) is 1.86. The van der Waals surface area contributed by atoms with Gasteiger partial charge in [0.05, 0.1) is 0 Å². The molecule has 1 heterocycles. The largest absolute Gasteiger partial charge is 0.373 e. The Bertz CT molecular complexity index is 569. The highest BCUT2D eigenvalue weighted by molar-refractivity contribution is 6.30. The lowest BCUT2D eigenvalue weighted by atomic mass is 10.0. The molecule has 0 radical (unpaired) electrons. The number of anilines is 3. The van der Waals surface area contributed by atoms with Crippen LogP contribution in [0.1, 0.15) is 25.3 Å². The maximum atomic E-state index is 5.99. The van der Waals surface area contributed by atoms with E-state index in [2.05, 4.69) is 34.4 Å². The van der Waals surface area contributed by atoms with Crippen molar-refractivity contribution in [1.82, 2.24) is 9.97 Å². The Morgan fingerprint density at radius 1 is 1.16 bits per heavy atom. The summed E-state index contributed by atoms with van der Waals surface area (Å²) in [6.07, 6.45) is 1.55. The molecule has 0 aliphatic carbocycles. The van der Waals surface area contributed by atoms with Crippen LogP contribution in [-0.4, -0.2) is 17.0 Å². The Morgan fingerprint density at radius 2 is 1.89 bits per heavy atom. The van der Waals surface area contributed by atoms with Gasteiger partial charge in [-0.2, -0.15) is 0 Å². The molecule has 2 aromatic rings. The average molecular weight is 277 g/mol. The molecular formula is C14H17ClN4. The van der Waals surface area contributed by atoms with Crippen LogP contribution in [0.5, 0.6) is 0 Å². The minimum Gasteiger partial charge on any atom is -0.373 e. The van der Waals surface area contributed by atoms with E-state index in [0.717, 1.165) is 22.9 Å². The van der Waals surface area contributed by atoms with Crippen molar-refractivity contribution < 1.29 is 0 Å². The van der Waals surface area contributed by atoms with Crippen LogP contribution in [0.4, 0.5) is 17.3 Å². The van der Waals surface area contributed by atoms with E-state index in [-0.39, 0.29) is 0 Å². The van der Waals surface area contributed by atoms with Crippen LogP contribution in [0, 0.1) is 0 Å². The molecule has 2 rings (SSSR count). The quantitative estimate of drug-likeness (QED) is 0.885. The number of halogens is 1. The SMILES string of the molecule is CNc1ncnc(Nc2cccc(Cl)c2)c1C(C)C. The van der Waals surface area contributed by atoms with Gasteiger partial charge in [0.25, 0.3) is 0 Å². The molecule has 5 heteroatoms. The molecule has 2 N–H and O–H groups in total. The van der Waals surface area contributed by atoms with Gasteiger partial charge in [-0.05, 0) is 24.1 Å². The third kappa shape index (κ3) is 3.15. The summed E-state index contributed by atoms with van der Waals surface area (Å²) < 4.78 is 0. The molecule has 0 unspecified atom stereocenters. The van der Waals surface area contributed by atoms with E-state index in [1.807, 2.05) is 31.3 Å². The Hall–Kier alpha value is -1.81. The maximum absolute atomic E-state index is 5.99. The fourth-order valence-electron chi connectivity index (χ4n) is 1.94. The van der Waals surface area contributed by atoms with E-state index in [1.54, 1.807) is 6.33 Å². The van der Waals surface area contributed by atoms with Crippen molar-refractivity contribution in [1.29, 1.82) is 0 Å². The van der Waals surface area contributed by atoms with Crippen molar-refractivity contribution in [2.45, 2.75) is 19.8 Å². The number of hydrogen-bond acceptors (Lipinski definition) is 4. The zero-order valence-electron chi connectivity index (χ0n) is 11.2. The van der Waals surface area contributed by atoms with Crippen LogP contribution in [0.2, 0.25) is 5.02 Å². The zero-order valence-corrected chi connectivity index (χ0v) is 12.0. The summed E-state index contributed by atoms with van der Waals surface area (Å²) in [5.41, 5.74) is 1.97. The maximum Gasteiger partial charge on any atom is 0.139 e. The highest BCUT2D eigenvalue weighted by Gasteiger charge is 2.14. The van der Waals surface area contributed by atoms with E-state index < -0.39 is 0 Å². The van der Waals surface area contributed by atoms with Gasteiger partial charge in [-0.25, -0.2) is 9.97 Å². The molecule has 4 nitrogen and oxygen atoms in total. The third-order valence-corrected chi connectivity index (χ3v) is 3.02. The number of benzene rings is 1. The second-order valence-corrected chi connectivity index (χ2v) is 4.96. The molecule has 0 aliphatic rings. The van der Waals surface area contributed by atoms with Crippen LogP contribution >= 0.6 is 11.6 Å². The van der Waals surface area contributed by atoms with Crippen LogP contribution in [-0.2, 0) is 0 Å². The molecular weight excluding hydrogens is 260 g/mol. The Balaban J connectivity index is 2.39. The van der Waals surface area contributed by atoms with Crippen molar-refractivity contribution in [2.75, 3.05) is 17.7 Å². The number of rotatable bonds is 4. The Kier molecular flexibility index (Phi) is 4.22. The predicted octanol–water partition coefficient (Wildman–Crippen LogP) is 4.04. The third-order valence-electron chi connectivity index (χ3n) is 2.79. The Morgan fingerprint density at radius 3 is 2.53 bits per heavy atom. The summed E-state index contributed by atoms with van der Waals surface area (Å²) in [4.78, 5) is 8.58. The minimum atomic E-state index is 0.310. The normalized spacial score (nSPS) is 10.6. The standard InChI is InChI=1S/C14H17ClN4/c1-9(2)12-13(16-3)17-8-18-14(12)19-11-6-4-5-10(15)7-11/h4-9H,1-3H3,(H2,16,17,18,19). The van der Waals surface area contributed by atoms with E-state index in [4.69, 9.17) is 11.6 Å². The lowest BCUT2D eigenvalue weighted by Gasteiger charge is -2.16. The van der Waals surface area contributed by atoms with Crippen molar-refractivity contribution in [3.8, 4) is 0 Å². The highest BCUT2D eigenvalue weighted by atomic mass is 35.5. The number of aromatic nitrogens is 2. The molecule has 0 spiro atoms. The summed E-state index contributed by atoms with van der Waals surface area (Å²) in [5.74, 6) is 1.96. The molecule has 0 saturated carbocycles. The number of nitrogens with one attached hydrogen (secondary N) is 2. The van der Waals surface area contributed by atoms with Crippen molar-refractivity contribution in [2.24, 2.45) is 0 Å². The van der Waals surface area contributed by atoms with Crippen LogP contribution in [0.3, 0.4) is 0 Å². The molecule has 0 atom stereocenters. The van der Waals surface area contributed by atoms with Gasteiger partial charge in [0.1, 0.15) is 18.0 Å². The monoisotopic (exact) mass is 276 g/mol. The van der Waals surface area contributed by atoms with Gasteiger partial charge in [-0.1, -0.05) is 31.5 Å².